The highest BCUT2D eigenvalue weighted by molar-refractivity contribution is 7.07. The smallest absolute Gasteiger partial charge is 0.291 e. The molecule has 0 atom stereocenters. The molecule has 2 aromatic rings. The van der Waals surface area contributed by atoms with E-state index in [-0.39, 0.29) is 11.7 Å². The molecule has 3 rings (SSSR count). The van der Waals surface area contributed by atoms with Crippen LogP contribution in [0, 0.1) is 0 Å². The summed E-state index contributed by atoms with van der Waals surface area (Å²) in [4.78, 5) is 15.9. The summed E-state index contributed by atoms with van der Waals surface area (Å²) in [5, 5.41) is 13.5. The van der Waals surface area contributed by atoms with Gasteiger partial charge in [0.15, 0.2) is 0 Å². The molecule has 1 saturated carbocycles. The molecule has 1 aliphatic carbocycles. The summed E-state index contributed by atoms with van der Waals surface area (Å²) in [6.45, 7) is 0.523. The fraction of sp³-hybridized carbons (Fsp3) is 0.364. The van der Waals surface area contributed by atoms with Crippen molar-refractivity contribution in [3.63, 3.8) is 0 Å². The van der Waals surface area contributed by atoms with Gasteiger partial charge in [-0.25, -0.2) is 4.98 Å². The molecule has 1 aliphatic rings. The minimum atomic E-state index is -0.223. The lowest BCUT2D eigenvalue weighted by molar-refractivity contribution is 0.0941. The van der Waals surface area contributed by atoms with Crippen LogP contribution < -0.4 is 5.32 Å². The van der Waals surface area contributed by atoms with Crippen molar-refractivity contribution in [3.05, 3.63) is 34.0 Å². The number of aromatic nitrogens is 3. The number of H-pyrrole nitrogens is 1. The van der Waals surface area contributed by atoms with Gasteiger partial charge in [-0.1, -0.05) is 0 Å². The lowest BCUT2D eigenvalue weighted by atomic mass is 10.3. The van der Waals surface area contributed by atoms with Gasteiger partial charge in [-0.2, -0.15) is 11.3 Å². The number of carbonyl (C=O) groups excluding carboxylic acids is 1. The summed E-state index contributed by atoms with van der Waals surface area (Å²) in [7, 11) is 0. The number of nitrogens with one attached hydrogen (secondary N) is 2. The molecule has 2 heterocycles. The van der Waals surface area contributed by atoms with Crippen LogP contribution in [0.25, 0.3) is 0 Å². The Morgan fingerprint density at radius 2 is 2.47 bits per heavy atom. The van der Waals surface area contributed by atoms with Gasteiger partial charge in [0.05, 0.1) is 0 Å². The Balaban J connectivity index is 1.60. The number of nitrogens with zero attached hydrogens (tertiary/aromatic N) is 2. The van der Waals surface area contributed by atoms with Crippen molar-refractivity contribution in [2.24, 2.45) is 0 Å². The van der Waals surface area contributed by atoms with Crippen molar-refractivity contribution in [2.75, 3.05) is 0 Å². The molecule has 0 aliphatic heterocycles. The highest BCUT2D eigenvalue weighted by atomic mass is 32.1. The lowest BCUT2D eigenvalue weighted by Crippen LogP contribution is -2.23. The number of aromatic amines is 1. The minimum Gasteiger partial charge on any atom is -0.345 e. The highest BCUT2D eigenvalue weighted by Crippen LogP contribution is 2.37. The molecule has 2 aromatic heterocycles. The third-order valence-electron chi connectivity index (χ3n) is 2.70. The van der Waals surface area contributed by atoms with Crippen molar-refractivity contribution < 1.29 is 4.79 Å². The van der Waals surface area contributed by atoms with Crippen molar-refractivity contribution >= 4 is 17.2 Å². The van der Waals surface area contributed by atoms with Gasteiger partial charge in [0, 0.05) is 12.5 Å². The van der Waals surface area contributed by atoms with E-state index in [9.17, 15) is 4.79 Å². The summed E-state index contributed by atoms with van der Waals surface area (Å²) >= 11 is 1.61. The fourth-order valence-electron chi connectivity index (χ4n) is 1.57. The Morgan fingerprint density at radius 3 is 3.18 bits per heavy atom. The first-order valence-electron chi connectivity index (χ1n) is 5.54. The molecular formula is C11H12N4OS. The van der Waals surface area contributed by atoms with Crippen molar-refractivity contribution in [3.8, 4) is 0 Å². The van der Waals surface area contributed by atoms with E-state index in [0.717, 1.165) is 24.2 Å². The SMILES string of the molecule is O=C(NCc1ccsc1)c1n[nH]c(C2CC2)n1. The summed E-state index contributed by atoms with van der Waals surface area (Å²) in [5.74, 6) is 1.34. The normalized spacial score (nSPS) is 14.8. The number of hydrogen-bond acceptors (Lipinski definition) is 4. The first-order chi connectivity index (χ1) is 8.33. The summed E-state index contributed by atoms with van der Waals surface area (Å²) < 4.78 is 0. The Morgan fingerprint density at radius 1 is 1.59 bits per heavy atom. The van der Waals surface area contributed by atoms with Crippen LogP contribution in [0.1, 0.15) is 40.8 Å². The molecule has 0 saturated heterocycles. The van der Waals surface area contributed by atoms with Crippen LogP contribution in [0.2, 0.25) is 0 Å². The third kappa shape index (κ3) is 2.36. The second-order valence-electron chi connectivity index (χ2n) is 4.13. The molecule has 0 radical (unpaired) electrons. The second-order valence-corrected chi connectivity index (χ2v) is 4.91. The highest BCUT2D eigenvalue weighted by Gasteiger charge is 2.28. The molecule has 0 aromatic carbocycles. The average Bonchev–Trinajstić information content (AvgIpc) is 2.88. The zero-order valence-corrected chi connectivity index (χ0v) is 9.96. The molecule has 6 heteroatoms. The topological polar surface area (TPSA) is 70.7 Å². The minimum absolute atomic E-state index is 0.223. The van der Waals surface area contributed by atoms with Crippen molar-refractivity contribution in [1.29, 1.82) is 0 Å². The number of amides is 1. The van der Waals surface area contributed by atoms with Crippen LogP contribution in [-0.4, -0.2) is 21.1 Å². The van der Waals surface area contributed by atoms with Gasteiger partial charge >= 0.3 is 0 Å². The van der Waals surface area contributed by atoms with Gasteiger partial charge in [-0.15, -0.1) is 5.10 Å². The summed E-state index contributed by atoms with van der Waals surface area (Å²) in [6.07, 6.45) is 2.29. The zero-order valence-electron chi connectivity index (χ0n) is 9.14. The van der Waals surface area contributed by atoms with E-state index >= 15 is 0 Å². The van der Waals surface area contributed by atoms with E-state index in [1.807, 2.05) is 16.8 Å². The van der Waals surface area contributed by atoms with E-state index < -0.39 is 0 Å². The Bertz CT molecular complexity index is 515. The van der Waals surface area contributed by atoms with Crippen molar-refractivity contribution in [2.45, 2.75) is 25.3 Å². The number of carbonyl (C=O) groups is 1. The molecule has 0 bridgehead atoms. The molecule has 2 N–H and O–H groups in total. The summed E-state index contributed by atoms with van der Waals surface area (Å²) in [5.41, 5.74) is 1.10. The van der Waals surface area contributed by atoms with Gasteiger partial charge in [0.25, 0.3) is 5.91 Å². The van der Waals surface area contributed by atoms with E-state index in [2.05, 4.69) is 20.5 Å². The molecule has 88 valence electrons. The van der Waals surface area contributed by atoms with Crippen LogP contribution in [-0.2, 0) is 6.54 Å². The largest absolute Gasteiger partial charge is 0.345 e. The van der Waals surface area contributed by atoms with Gasteiger partial charge in [-0.3, -0.25) is 9.89 Å². The van der Waals surface area contributed by atoms with Gasteiger partial charge in [0.1, 0.15) is 5.82 Å². The monoisotopic (exact) mass is 248 g/mol. The first-order valence-corrected chi connectivity index (χ1v) is 6.49. The Hall–Kier alpha value is -1.69. The third-order valence-corrected chi connectivity index (χ3v) is 3.44. The predicted molar refractivity (Wildman–Crippen MR) is 63.8 cm³/mol. The van der Waals surface area contributed by atoms with E-state index in [0.29, 0.717) is 12.5 Å². The lowest BCUT2D eigenvalue weighted by Gasteiger charge is -1.99. The number of thiophene rings is 1. The Labute approximate surface area is 102 Å². The maximum absolute atomic E-state index is 11.7. The van der Waals surface area contributed by atoms with E-state index in [1.165, 1.54) is 0 Å². The quantitative estimate of drug-likeness (QED) is 0.864. The molecule has 1 amide bonds. The molecule has 1 fully saturated rings. The van der Waals surface area contributed by atoms with Crippen LogP contribution in [0.5, 0.6) is 0 Å². The maximum atomic E-state index is 11.7. The molecule has 17 heavy (non-hydrogen) atoms. The molecular weight excluding hydrogens is 236 g/mol. The maximum Gasteiger partial charge on any atom is 0.291 e. The van der Waals surface area contributed by atoms with Crippen LogP contribution >= 0.6 is 11.3 Å². The Kier molecular flexibility index (Phi) is 2.64. The van der Waals surface area contributed by atoms with Gasteiger partial charge in [-0.05, 0) is 35.2 Å². The van der Waals surface area contributed by atoms with Crippen LogP contribution in [0.15, 0.2) is 16.8 Å². The van der Waals surface area contributed by atoms with Crippen LogP contribution in [0.4, 0.5) is 0 Å². The summed E-state index contributed by atoms with van der Waals surface area (Å²) in [6, 6.07) is 1.98. The predicted octanol–water partition coefficient (Wildman–Crippen LogP) is 1.67. The fourth-order valence-corrected chi connectivity index (χ4v) is 2.24. The molecule has 0 unspecified atom stereocenters. The van der Waals surface area contributed by atoms with E-state index in [1.54, 1.807) is 11.3 Å². The van der Waals surface area contributed by atoms with Crippen LogP contribution in [0.3, 0.4) is 0 Å². The van der Waals surface area contributed by atoms with Crippen molar-refractivity contribution in [1.82, 2.24) is 20.5 Å². The number of rotatable bonds is 4. The van der Waals surface area contributed by atoms with E-state index in [4.69, 9.17) is 0 Å². The van der Waals surface area contributed by atoms with Gasteiger partial charge < -0.3 is 5.32 Å². The van der Waals surface area contributed by atoms with Gasteiger partial charge in [0.2, 0.25) is 5.82 Å². The standard InChI is InChI=1S/C11H12N4OS/c16-11(12-5-7-3-4-17-6-7)10-13-9(14-15-10)8-1-2-8/h3-4,6,8H,1-2,5H2,(H,12,16)(H,13,14,15). The average molecular weight is 248 g/mol. The molecule has 0 spiro atoms. The number of hydrogen-bond donors (Lipinski definition) is 2. The zero-order chi connectivity index (χ0) is 11.7. The second kappa shape index (κ2) is 4.29. The first kappa shape index (κ1) is 10.5. The molecule has 5 nitrogen and oxygen atoms in total.